The number of aryl methyl sites for hydroxylation is 1. The van der Waals surface area contributed by atoms with Crippen molar-refractivity contribution in [2.24, 2.45) is 0 Å². The number of para-hydroxylation sites is 1. The molecule has 0 aliphatic carbocycles. The summed E-state index contributed by atoms with van der Waals surface area (Å²) in [7, 11) is 0. The Hall–Kier alpha value is -2.56. The summed E-state index contributed by atoms with van der Waals surface area (Å²) >= 11 is 0. The first-order chi connectivity index (χ1) is 9.61. The Labute approximate surface area is 116 Å². The first kappa shape index (κ1) is 13.9. The summed E-state index contributed by atoms with van der Waals surface area (Å²) < 4.78 is 10.2. The predicted octanol–water partition coefficient (Wildman–Crippen LogP) is 3.02. The van der Waals surface area contributed by atoms with Crippen molar-refractivity contribution >= 4 is 17.6 Å². The monoisotopic (exact) mass is 273 g/mol. The molecule has 0 spiro atoms. The molecule has 1 aromatic heterocycles. The third-order valence-electron chi connectivity index (χ3n) is 2.63. The Kier molecular flexibility index (Phi) is 4.20. The minimum atomic E-state index is -0.473. The van der Waals surface area contributed by atoms with E-state index in [1.165, 1.54) is 0 Å². The number of nitrogens with one attached hydrogen (secondary N) is 1. The van der Waals surface area contributed by atoms with Gasteiger partial charge in [-0.2, -0.15) is 0 Å². The molecule has 5 nitrogen and oxygen atoms in total. The molecule has 1 N–H and O–H groups in total. The zero-order valence-electron chi connectivity index (χ0n) is 11.3. The van der Waals surface area contributed by atoms with Crippen molar-refractivity contribution in [3.05, 3.63) is 53.5 Å². The van der Waals surface area contributed by atoms with E-state index in [9.17, 15) is 9.59 Å². The number of amides is 1. The van der Waals surface area contributed by atoms with E-state index in [0.717, 1.165) is 0 Å². The number of rotatable bonds is 4. The number of esters is 1. The Balaban J connectivity index is 2.21. The Morgan fingerprint density at radius 2 is 1.95 bits per heavy atom. The van der Waals surface area contributed by atoms with Gasteiger partial charge >= 0.3 is 5.97 Å². The molecular formula is C15H15NO4. The van der Waals surface area contributed by atoms with Crippen molar-refractivity contribution in [2.75, 3.05) is 11.9 Å². The van der Waals surface area contributed by atoms with Gasteiger partial charge < -0.3 is 14.5 Å². The first-order valence-electron chi connectivity index (χ1n) is 6.25. The molecule has 0 bridgehead atoms. The van der Waals surface area contributed by atoms with E-state index in [4.69, 9.17) is 9.15 Å². The Morgan fingerprint density at radius 1 is 1.20 bits per heavy atom. The molecule has 0 aliphatic rings. The summed E-state index contributed by atoms with van der Waals surface area (Å²) in [5.41, 5.74) is 0.705. The van der Waals surface area contributed by atoms with Crippen LogP contribution < -0.4 is 5.32 Å². The highest BCUT2D eigenvalue weighted by Gasteiger charge is 2.16. The lowest BCUT2D eigenvalue weighted by atomic mass is 10.1. The highest BCUT2D eigenvalue weighted by molar-refractivity contribution is 6.06. The van der Waals surface area contributed by atoms with Gasteiger partial charge in [-0.15, -0.1) is 0 Å². The quantitative estimate of drug-likeness (QED) is 0.869. The van der Waals surface area contributed by atoms with Crippen molar-refractivity contribution in [1.82, 2.24) is 0 Å². The molecule has 5 heteroatoms. The maximum atomic E-state index is 12.0. The fraction of sp³-hybridized carbons (Fsp3) is 0.200. The van der Waals surface area contributed by atoms with E-state index < -0.39 is 11.9 Å². The molecule has 2 rings (SSSR count). The van der Waals surface area contributed by atoms with Gasteiger partial charge in [0.1, 0.15) is 5.76 Å². The second-order valence-electron chi connectivity index (χ2n) is 4.13. The lowest BCUT2D eigenvalue weighted by molar-refractivity contribution is 0.0527. The number of benzene rings is 1. The third-order valence-corrected chi connectivity index (χ3v) is 2.63. The second-order valence-corrected chi connectivity index (χ2v) is 4.13. The van der Waals surface area contributed by atoms with Crippen LogP contribution in [0, 0.1) is 6.92 Å². The van der Waals surface area contributed by atoms with E-state index in [1.807, 2.05) is 0 Å². The summed E-state index contributed by atoms with van der Waals surface area (Å²) in [5, 5.41) is 2.65. The number of ether oxygens (including phenoxy) is 1. The number of anilines is 1. The molecule has 20 heavy (non-hydrogen) atoms. The van der Waals surface area contributed by atoms with Gasteiger partial charge in [0.05, 0.1) is 17.9 Å². The van der Waals surface area contributed by atoms with E-state index in [0.29, 0.717) is 17.0 Å². The van der Waals surface area contributed by atoms with E-state index in [2.05, 4.69) is 5.32 Å². The number of furan rings is 1. The standard InChI is InChI=1S/C15H15NO4/c1-3-19-15(18)11-6-4-5-7-12(11)16-14(17)13-9-8-10(2)20-13/h4-9H,3H2,1-2H3,(H,16,17). The van der Waals surface area contributed by atoms with Gasteiger partial charge in [0, 0.05) is 0 Å². The normalized spacial score (nSPS) is 10.1. The van der Waals surface area contributed by atoms with Crippen LogP contribution in [-0.4, -0.2) is 18.5 Å². The summed E-state index contributed by atoms with van der Waals surface area (Å²) in [6.45, 7) is 3.76. The summed E-state index contributed by atoms with van der Waals surface area (Å²) in [5.74, 6) is -0.0381. The molecule has 0 saturated heterocycles. The van der Waals surface area contributed by atoms with Crippen molar-refractivity contribution < 1.29 is 18.7 Å². The molecule has 0 saturated carbocycles. The molecule has 0 aliphatic heterocycles. The van der Waals surface area contributed by atoms with Crippen LogP contribution in [-0.2, 0) is 4.74 Å². The summed E-state index contributed by atoms with van der Waals surface area (Å²) in [6.07, 6.45) is 0. The predicted molar refractivity (Wildman–Crippen MR) is 73.8 cm³/mol. The minimum Gasteiger partial charge on any atom is -0.462 e. The molecule has 0 atom stereocenters. The van der Waals surface area contributed by atoms with Gasteiger partial charge in [-0.05, 0) is 38.1 Å². The first-order valence-corrected chi connectivity index (χ1v) is 6.25. The average molecular weight is 273 g/mol. The topological polar surface area (TPSA) is 68.5 Å². The number of hydrogen-bond donors (Lipinski definition) is 1. The van der Waals surface area contributed by atoms with Crippen molar-refractivity contribution in [3.8, 4) is 0 Å². The molecule has 104 valence electrons. The lowest BCUT2D eigenvalue weighted by Crippen LogP contribution is -2.15. The van der Waals surface area contributed by atoms with Crippen LogP contribution in [0.2, 0.25) is 0 Å². The van der Waals surface area contributed by atoms with Crippen molar-refractivity contribution in [2.45, 2.75) is 13.8 Å². The average Bonchev–Trinajstić information content (AvgIpc) is 2.86. The zero-order chi connectivity index (χ0) is 14.5. The summed E-state index contributed by atoms with van der Waals surface area (Å²) in [4.78, 5) is 23.8. The van der Waals surface area contributed by atoms with Gasteiger partial charge in [-0.3, -0.25) is 4.79 Å². The highest BCUT2D eigenvalue weighted by atomic mass is 16.5. The van der Waals surface area contributed by atoms with Crippen LogP contribution in [0.1, 0.15) is 33.6 Å². The lowest BCUT2D eigenvalue weighted by Gasteiger charge is -2.09. The molecule has 2 aromatic rings. The van der Waals surface area contributed by atoms with Crippen LogP contribution in [0.3, 0.4) is 0 Å². The zero-order valence-corrected chi connectivity index (χ0v) is 11.3. The minimum absolute atomic E-state index is 0.196. The Morgan fingerprint density at radius 3 is 2.60 bits per heavy atom. The van der Waals surface area contributed by atoms with Crippen LogP contribution >= 0.6 is 0 Å². The summed E-state index contributed by atoms with van der Waals surface area (Å²) in [6, 6.07) is 9.95. The smallest absolute Gasteiger partial charge is 0.340 e. The van der Waals surface area contributed by atoms with Crippen LogP contribution in [0.25, 0.3) is 0 Å². The van der Waals surface area contributed by atoms with Gasteiger partial charge in [0.2, 0.25) is 0 Å². The van der Waals surface area contributed by atoms with Crippen molar-refractivity contribution in [3.63, 3.8) is 0 Å². The van der Waals surface area contributed by atoms with Gasteiger partial charge in [-0.1, -0.05) is 12.1 Å². The fourth-order valence-electron chi connectivity index (χ4n) is 1.72. The maximum absolute atomic E-state index is 12.0. The third kappa shape index (κ3) is 3.06. The number of carbonyl (C=O) groups is 2. The SMILES string of the molecule is CCOC(=O)c1ccccc1NC(=O)c1ccc(C)o1. The van der Waals surface area contributed by atoms with Crippen molar-refractivity contribution in [1.29, 1.82) is 0 Å². The van der Waals surface area contributed by atoms with Crippen LogP contribution in [0.5, 0.6) is 0 Å². The number of hydrogen-bond acceptors (Lipinski definition) is 4. The number of carbonyl (C=O) groups excluding carboxylic acids is 2. The fourth-order valence-corrected chi connectivity index (χ4v) is 1.72. The van der Waals surface area contributed by atoms with Crippen LogP contribution in [0.15, 0.2) is 40.8 Å². The largest absolute Gasteiger partial charge is 0.462 e. The highest BCUT2D eigenvalue weighted by Crippen LogP contribution is 2.18. The molecule has 1 amide bonds. The molecule has 0 fully saturated rings. The second kappa shape index (κ2) is 6.06. The van der Waals surface area contributed by atoms with Crippen LogP contribution in [0.4, 0.5) is 5.69 Å². The Bertz CT molecular complexity index is 630. The van der Waals surface area contributed by atoms with Gasteiger partial charge in [0.15, 0.2) is 5.76 Å². The molecule has 0 radical (unpaired) electrons. The van der Waals surface area contributed by atoms with E-state index in [-0.39, 0.29) is 12.4 Å². The van der Waals surface area contributed by atoms with E-state index in [1.54, 1.807) is 50.2 Å². The molecular weight excluding hydrogens is 258 g/mol. The van der Waals surface area contributed by atoms with E-state index >= 15 is 0 Å². The molecule has 1 aromatic carbocycles. The molecule has 0 unspecified atom stereocenters. The van der Waals surface area contributed by atoms with Gasteiger partial charge in [-0.25, -0.2) is 4.79 Å². The maximum Gasteiger partial charge on any atom is 0.340 e. The van der Waals surface area contributed by atoms with Gasteiger partial charge in [0.25, 0.3) is 5.91 Å². The molecule has 1 heterocycles.